The molecule has 0 spiro atoms. The summed E-state index contributed by atoms with van der Waals surface area (Å²) in [6, 6.07) is 15.3. The number of fused-ring (bicyclic) bond motifs is 1. The van der Waals surface area contributed by atoms with Crippen LogP contribution in [-0.2, 0) is 12.0 Å². The molecule has 1 aliphatic heterocycles. The summed E-state index contributed by atoms with van der Waals surface area (Å²) in [7, 11) is 0. The number of halogens is 3. The maximum Gasteiger partial charge on any atom is 0.249 e. The van der Waals surface area contributed by atoms with Crippen LogP contribution in [0.5, 0.6) is 11.5 Å². The van der Waals surface area contributed by atoms with Crippen LogP contribution >= 0.6 is 11.6 Å². The van der Waals surface area contributed by atoms with Crippen LogP contribution in [-0.4, -0.2) is 25.2 Å². The third kappa shape index (κ3) is 4.14. The van der Waals surface area contributed by atoms with Crippen molar-refractivity contribution in [2.75, 3.05) is 13.2 Å². The average Bonchev–Trinajstić information content (AvgIpc) is 3.19. The van der Waals surface area contributed by atoms with Gasteiger partial charge in [-0.25, -0.2) is 8.78 Å². The van der Waals surface area contributed by atoms with Crippen LogP contribution in [0.3, 0.4) is 0 Å². The molecular weight excluding hydrogens is 450 g/mol. The smallest absolute Gasteiger partial charge is 0.249 e. The Morgan fingerprint density at radius 2 is 1.91 bits per heavy atom. The molecular formula is C25H23ClF2N2O3. The number of carbonyl (C=O) groups excluding carboxylic acids is 1. The lowest BCUT2D eigenvalue weighted by molar-refractivity contribution is 0.1000. The predicted molar refractivity (Wildman–Crippen MR) is 123 cm³/mol. The molecule has 0 fully saturated rings. The molecule has 0 aromatic heterocycles. The second-order valence-corrected chi connectivity index (χ2v) is 8.41. The summed E-state index contributed by atoms with van der Waals surface area (Å²) < 4.78 is 40.6. The van der Waals surface area contributed by atoms with Crippen LogP contribution < -0.4 is 20.9 Å². The third-order valence-corrected chi connectivity index (χ3v) is 6.02. The van der Waals surface area contributed by atoms with E-state index in [-0.39, 0.29) is 40.6 Å². The first-order valence-electron chi connectivity index (χ1n) is 10.4. The lowest BCUT2D eigenvalue weighted by Gasteiger charge is -2.27. The zero-order chi connectivity index (χ0) is 23.8. The van der Waals surface area contributed by atoms with Gasteiger partial charge in [0.25, 0.3) is 0 Å². The zero-order valence-corrected chi connectivity index (χ0v) is 18.7. The second-order valence-electron chi connectivity index (χ2n) is 8.00. The molecule has 8 heteroatoms. The summed E-state index contributed by atoms with van der Waals surface area (Å²) in [5, 5.41) is 0.204. The Labute approximate surface area is 195 Å². The maximum atomic E-state index is 15.7. The quantitative estimate of drug-likeness (QED) is 0.518. The lowest BCUT2D eigenvalue weighted by Crippen LogP contribution is -2.39. The fourth-order valence-electron chi connectivity index (χ4n) is 4.13. The van der Waals surface area contributed by atoms with Crippen LogP contribution in [0, 0.1) is 5.82 Å². The van der Waals surface area contributed by atoms with Crippen molar-refractivity contribution in [2.45, 2.75) is 25.1 Å². The minimum atomic E-state index is -1.31. The van der Waals surface area contributed by atoms with Crippen LogP contribution in [0.2, 0.25) is 5.02 Å². The molecule has 172 valence electrons. The van der Waals surface area contributed by atoms with E-state index in [2.05, 4.69) is 0 Å². The number of amides is 1. The van der Waals surface area contributed by atoms with Crippen LogP contribution in [0.25, 0.3) is 11.1 Å². The van der Waals surface area contributed by atoms with Gasteiger partial charge in [0.2, 0.25) is 5.91 Å². The fraction of sp³-hybridized carbons (Fsp3) is 0.240. The van der Waals surface area contributed by atoms with E-state index < -0.39 is 23.5 Å². The van der Waals surface area contributed by atoms with E-state index in [1.54, 1.807) is 12.1 Å². The molecule has 1 aliphatic rings. The highest BCUT2D eigenvalue weighted by Gasteiger charge is 2.42. The van der Waals surface area contributed by atoms with Crippen molar-refractivity contribution in [1.29, 1.82) is 0 Å². The first-order valence-corrected chi connectivity index (χ1v) is 10.8. The number of rotatable bonds is 7. The molecule has 1 unspecified atom stereocenters. The summed E-state index contributed by atoms with van der Waals surface area (Å²) in [5.41, 5.74) is 12.3. The number of ether oxygens (including phenoxy) is 2. The number of hydrogen-bond donors (Lipinski definition) is 2. The minimum absolute atomic E-state index is 0.0755. The van der Waals surface area contributed by atoms with Gasteiger partial charge in [-0.3, -0.25) is 4.79 Å². The molecule has 0 saturated carbocycles. The summed E-state index contributed by atoms with van der Waals surface area (Å²) >= 11 is 6.55. The Hall–Kier alpha value is -3.16. The molecule has 2 atom stereocenters. The number of carbonyl (C=O) groups is 1. The highest BCUT2D eigenvalue weighted by Crippen LogP contribution is 2.49. The monoisotopic (exact) mass is 472 g/mol. The molecule has 0 radical (unpaired) electrons. The van der Waals surface area contributed by atoms with E-state index >= 15 is 4.39 Å². The van der Waals surface area contributed by atoms with Gasteiger partial charge in [-0.1, -0.05) is 41.9 Å². The lowest BCUT2D eigenvalue weighted by atomic mass is 9.85. The normalized spacial score (nSPS) is 17.8. The van der Waals surface area contributed by atoms with E-state index in [9.17, 15) is 9.18 Å². The van der Waals surface area contributed by atoms with Crippen molar-refractivity contribution < 1.29 is 23.0 Å². The van der Waals surface area contributed by atoms with Crippen LogP contribution in [0.1, 0.15) is 28.4 Å². The minimum Gasteiger partial charge on any atom is -0.487 e. The SMILES string of the molecule is C[C@@H](F)COc1ccc(C(N)=O)c(-c2c(Cl)ccc3c2CC(CN)(c2ccccc2)O3)c1F. The molecule has 0 bridgehead atoms. The molecule has 4 N–H and O–H groups in total. The van der Waals surface area contributed by atoms with Crippen molar-refractivity contribution in [1.82, 2.24) is 0 Å². The number of primary amides is 1. The second kappa shape index (κ2) is 9.00. The van der Waals surface area contributed by atoms with E-state index in [0.29, 0.717) is 17.7 Å². The van der Waals surface area contributed by atoms with Gasteiger partial charge in [-0.15, -0.1) is 0 Å². The van der Waals surface area contributed by atoms with Crippen LogP contribution in [0.4, 0.5) is 8.78 Å². The van der Waals surface area contributed by atoms with Gasteiger partial charge >= 0.3 is 0 Å². The van der Waals surface area contributed by atoms with Gasteiger partial charge in [0, 0.05) is 34.7 Å². The zero-order valence-electron chi connectivity index (χ0n) is 17.9. The Kier molecular flexibility index (Phi) is 6.28. The average molecular weight is 473 g/mol. The van der Waals surface area contributed by atoms with Crippen molar-refractivity contribution >= 4 is 17.5 Å². The first-order chi connectivity index (χ1) is 15.8. The summed E-state index contributed by atoms with van der Waals surface area (Å²) in [6.07, 6.45) is -1.01. The highest BCUT2D eigenvalue weighted by molar-refractivity contribution is 6.34. The van der Waals surface area contributed by atoms with E-state index in [1.807, 2.05) is 30.3 Å². The molecule has 3 aromatic rings. The van der Waals surface area contributed by atoms with Gasteiger partial charge in [-0.2, -0.15) is 0 Å². The Morgan fingerprint density at radius 1 is 1.18 bits per heavy atom. The standard InChI is InChI=1S/C25H23ClF2N2O3/c1-14(27)12-32-20-9-7-16(24(30)31)22(23(20)28)21-17-11-25(13-29,15-5-3-2-4-6-15)33-19(17)10-8-18(21)26/h2-10,14H,11-13,29H2,1H3,(H2,30,31)/t14-,25?/m1/s1. The Balaban J connectivity index is 1.90. The molecule has 3 aromatic carbocycles. The molecule has 1 heterocycles. The predicted octanol–water partition coefficient (Wildman–Crippen LogP) is 4.77. The molecule has 0 saturated heterocycles. The summed E-state index contributed by atoms with van der Waals surface area (Å²) in [5.74, 6) is -1.43. The summed E-state index contributed by atoms with van der Waals surface area (Å²) in [6.45, 7) is 1.11. The van der Waals surface area contributed by atoms with Crippen LogP contribution in [0.15, 0.2) is 54.6 Å². The molecule has 1 amide bonds. The van der Waals surface area contributed by atoms with Crippen molar-refractivity contribution in [3.8, 4) is 22.6 Å². The molecule has 4 rings (SSSR count). The molecule has 33 heavy (non-hydrogen) atoms. The van der Waals surface area contributed by atoms with Crippen molar-refractivity contribution in [3.05, 3.63) is 82.1 Å². The number of hydrogen-bond acceptors (Lipinski definition) is 4. The Morgan fingerprint density at radius 3 is 2.55 bits per heavy atom. The number of benzene rings is 3. The van der Waals surface area contributed by atoms with E-state index in [1.165, 1.54) is 19.1 Å². The maximum absolute atomic E-state index is 15.7. The van der Waals surface area contributed by atoms with E-state index in [4.69, 9.17) is 32.5 Å². The van der Waals surface area contributed by atoms with Gasteiger partial charge in [0.15, 0.2) is 17.2 Å². The van der Waals surface area contributed by atoms with Gasteiger partial charge < -0.3 is 20.9 Å². The largest absolute Gasteiger partial charge is 0.487 e. The number of alkyl halides is 1. The van der Waals surface area contributed by atoms with E-state index in [0.717, 1.165) is 5.56 Å². The van der Waals surface area contributed by atoms with Gasteiger partial charge in [0.05, 0.1) is 5.56 Å². The number of nitrogens with two attached hydrogens (primary N) is 2. The van der Waals surface area contributed by atoms with Gasteiger partial charge in [-0.05, 0) is 36.8 Å². The third-order valence-electron chi connectivity index (χ3n) is 5.71. The van der Waals surface area contributed by atoms with Crippen molar-refractivity contribution in [3.63, 3.8) is 0 Å². The highest BCUT2D eigenvalue weighted by atomic mass is 35.5. The molecule has 5 nitrogen and oxygen atoms in total. The first kappa shape index (κ1) is 23.0. The molecule has 0 aliphatic carbocycles. The van der Waals surface area contributed by atoms with Crippen molar-refractivity contribution in [2.24, 2.45) is 11.5 Å². The van der Waals surface area contributed by atoms with Gasteiger partial charge in [0.1, 0.15) is 18.5 Å². The Bertz CT molecular complexity index is 1200. The summed E-state index contributed by atoms with van der Waals surface area (Å²) in [4.78, 5) is 12.2. The fourth-order valence-corrected chi connectivity index (χ4v) is 4.40. The topological polar surface area (TPSA) is 87.6 Å².